The maximum absolute atomic E-state index is 14.1. The summed E-state index contributed by atoms with van der Waals surface area (Å²) in [6.07, 6.45) is 1.71. The molecule has 0 aliphatic heterocycles. The number of hydrogen-bond acceptors (Lipinski definition) is 3. The molecule has 0 saturated carbocycles. The molecule has 0 N–H and O–H groups in total. The summed E-state index contributed by atoms with van der Waals surface area (Å²) in [5.41, 5.74) is -4.69. The van der Waals surface area contributed by atoms with Crippen LogP contribution in [0.3, 0.4) is 0 Å². The molecular weight excluding hydrogens is 391 g/mol. The second kappa shape index (κ2) is 9.16. The van der Waals surface area contributed by atoms with Crippen LogP contribution in [0.4, 0.5) is 22.0 Å². The summed E-state index contributed by atoms with van der Waals surface area (Å²) in [5, 5.41) is 0. The first-order chi connectivity index (χ1) is 12.6. The summed E-state index contributed by atoms with van der Waals surface area (Å²) in [5.74, 6) is -4.68. The number of benzene rings is 2. The lowest BCUT2D eigenvalue weighted by Gasteiger charge is -2.12. The average Bonchev–Trinajstić information content (AvgIpc) is 2.61. The Hall–Kier alpha value is -2.16. The molecule has 2 aromatic rings. The van der Waals surface area contributed by atoms with E-state index in [1.807, 2.05) is 20.8 Å². The number of hydrogen-bond donors (Lipinski definition) is 0. The van der Waals surface area contributed by atoms with Gasteiger partial charge in [-0.2, -0.15) is 26.0 Å². The maximum atomic E-state index is 14.1. The Kier molecular flexibility index (Phi) is 7.77. The quantitative estimate of drug-likeness (QED) is 0.353. The molecule has 0 spiro atoms. The van der Waals surface area contributed by atoms with Gasteiger partial charge in [0.05, 0.1) is 0 Å². The van der Waals surface area contributed by atoms with Gasteiger partial charge in [0.2, 0.25) is 5.82 Å². The van der Waals surface area contributed by atoms with Crippen LogP contribution in [0.1, 0.15) is 32.8 Å². The molecule has 0 radical (unpaired) electrons. The van der Waals surface area contributed by atoms with Crippen molar-refractivity contribution in [3.8, 4) is 16.9 Å². The Labute approximate surface area is 154 Å². The van der Waals surface area contributed by atoms with Crippen LogP contribution in [0, 0.1) is 11.6 Å². The van der Waals surface area contributed by atoms with Gasteiger partial charge in [0, 0.05) is 5.56 Å². The smallest absolute Gasteiger partial charge is 0.373 e. The Morgan fingerprint density at radius 3 is 1.96 bits per heavy atom. The Morgan fingerprint density at radius 1 is 0.926 bits per heavy atom. The van der Waals surface area contributed by atoms with Crippen LogP contribution in [0.5, 0.6) is 5.75 Å². The van der Waals surface area contributed by atoms with Gasteiger partial charge in [-0.3, -0.25) is 0 Å². The molecule has 0 aliphatic carbocycles. The molecule has 0 aliphatic rings. The van der Waals surface area contributed by atoms with Crippen molar-refractivity contribution in [3.63, 3.8) is 0 Å². The highest BCUT2D eigenvalue weighted by Gasteiger charge is 2.49. The molecule has 3 nitrogen and oxygen atoms in total. The van der Waals surface area contributed by atoms with E-state index in [4.69, 9.17) is 0 Å². The Balaban J connectivity index is 0.00000176. The molecule has 0 saturated heterocycles. The Morgan fingerprint density at radius 2 is 1.48 bits per heavy atom. The number of alkyl halides is 3. The van der Waals surface area contributed by atoms with Gasteiger partial charge in [-0.1, -0.05) is 51.5 Å². The molecule has 0 aromatic heterocycles. The van der Waals surface area contributed by atoms with Crippen molar-refractivity contribution in [2.75, 3.05) is 0 Å². The van der Waals surface area contributed by atoms with Crippen molar-refractivity contribution < 1.29 is 34.6 Å². The van der Waals surface area contributed by atoms with Crippen LogP contribution in [0.25, 0.3) is 11.1 Å². The normalized spacial score (nSPS) is 11.6. The summed E-state index contributed by atoms with van der Waals surface area (Å²) in [6, 6.07) is 8.10. The molecule has 0 fully saturated rings. The van der Waals surface area contributed by atoms with Crippen molar-refractivity contribution in [2.45, 2.75) is 39.1 Å². The van der Waals surface area contributed by atoms with E-state index in [1.165, 1.54) is 12.1 Å². The van der Waals surface area contributed by atoms with Gasteiger partial charge >= 0.3 is 15.6 Å². The zero-order chi connectivity index (χ0) is 20.8. The van der Waals surface area contributed by atoms with Gasteiger partial charge in [0.25, 0.3) is 0 Å². The van der Waals surface area contributed by atoms with Crippen LogP contribution < -0.4 is 4.18 Å². The number of halogens is 5. The minimum Gasteiger partial charge on any atom is -0.373 e. The number of aryl methyl sites for hydroxylation is 1. The van der Waals surface area contributed by atoms with E-state index in [2.05, 4.69) is 4.18 Å². The van der Waals surface area contributed by atoms with E-state index < -0.39 is 33.0 Å². The zero-order valence-electron chi connectivity index (χ0n) is 14.9. The van der Waals surface area contributed by atoms with Crippen LogP contribution in [-0.4, -0.2) is 13.9 Å². The summed E-state index contributed by atoms with van der Waals surface area (Å²) in [4.78, 5) is 0. The molecule has 0 bridgehead atoms. The molecule has 0 amide bonds. The van der Waals surface area contributed by atoms with Gasteiger partial charge in [0.15, 0.2) is 11.6 Å². The second-order valence-corrected chi connectivity index (χ2v) is 6.71. The van der Waals surface area contributed by atoms with Gasteiger partial charge in [-0.05, 0) is 29.7 Å². The molecule has 27 heavy (non-hydrogen) atoms. The van der Waals surface area contributed by atoms with Crippen LogP contribution in [-0.2, 0) is 16.5 Å². The standard InChI is InChI=1S/C16H13F5O3S.C2H6/c1-2-3-10-4-6-11(7-5-10)12-8-9-13(15(18)14(12)17)24-25(22,23)16(19,20)21;1-2/h4-9H,2-3H2,1H3;1-2H3. The molecule has 0 unspecified atom stereocenters. The van der Waals surface area contributed by atoms with E-state index in [0.29, 0.717) is 11.6 Å². The minimum absolute atomic E-state index is 0.225. The van der Waals surface area contributed by atoms with Gasteiger partial charge in [-0.25, -0.2) is 4.39 Å². The fourth-order valence-corrected chi connectivity index (χ4v) is 2.58. The van der Waals surface area contributed by atoms with Crippen LogP contribution >= 0.6 is 0 Å². The van der Waals surface area contributed by atoms with Crippen molar-refractivity contribution in [1.29, 1.82) is 0 Å². The second-order valence-electron chi connectivity index (χ2n) is 5.17. The van der Waals surface area contributed by atoms with Gasteiger partial charge < -0.3 is 4.18 Å². The first kappa shape index (κ1) is 22.9. The summed E-state index contributed by atoms with van der Waals surface area (Å²) in [6.45, 7) is 5.98. The fraction of sp³-hybridized carbons (Fsp3) is 0.333. The third-order valence-corrected chi connectivity index (χ3v) is 4.30. The van der Waals surface area contributed by atoms with Gasteiger partial charge in [0.1, 0.15) is 0 Å². The average molecular weight is 410 g/mol. The van der Waals surface area contributed by atoms with Crippen molar-refractivity contribution in [3.05, 3.63) is 53.6 Å². The fourth-order valence-electron chi connectivity index (χ4n) is 2.12. The van der Waals surface area contributed by atoms with E-state index >= 15 is 0 Å². The van der Waals surface area contributed by atoms with E-state index in [-0.39, 0.29) is 5.56 Å². The predicted octanol–water partition coefficient (Wildman–Crippen LogP) is 5.84. The zero-order valence-corrected chi connectivity index (χ0v) is 15.7. The lowest BCUT2D eigenvalue weighted by molar-refractivity contribution is -0.0501. The lowest BCUT2D eigenvalue weighted by Crippen LogP contribution is -2.28. The predicted molar refractivity (Wildman–Crippen MR) is 92.7 cm³/mol. The molecular formula is C18H19F5O3S. The Bertz CT molecular complexity index is 860. The summed E-state index contributed by atoms with van der Waals surface area (Å²) in [7, 11) is -6.09. The largest absolute Gasteiger partial charge is 0.534 e. The van der Waals surface area contributed by atoms with E-state index in [0.717, 1.165) is 24.5 Å². The molecule has 2 rings (SSSR count). The first-order valence-corrected chi connectivity index (χ1v) is 9.55. The van der Waals surface area contributed by atoms with Gasteiger partial charge in [-0.15, -0.1) is 0 Å². The topological polar surface area (TPSA) is 43.4 Å². The monoisotopic (exact) mass is 410 g/mol. The molecule has 150 valence electrons. The summed E-state index contributed by atoms with van der Waals surface area (Å²) < 4.78 is 90.3. The van der Waals surface area contributed by atoms with E-state index in [9.17, 15) is 30.4 Å². The highest BCUT2D eigenvalue weighted by atomic mass is 32.2. The minimum atomic E-state index is -6.09. The lowest BCUT2D eigenvalue weighted by atomic mass is 10.0. The molecule has 0 atom stereocenters. The van der Waals surface area contributed by atoms with Crippen LogP contribution in [0.15, 0.2) is 36.4 Å². The SMILES string of the molecule is CC.CCCc1ccc(-c2ccc(OS(=O)(=O)C(F)(F)F)c(F)c2F)cc1. The number of rotatable bonds is 5. The van der Waals surface area contributed by atoms with Crippen LogP contribution in [0.2, 0.25) is 0 Å². The summed E-state index contributed by atoms with van der Waals surface area (Å²) >= 11 is 0. The van der Waals surface area contributed by atoms with Crippen molar-refractivity contribution in [2.24, 2.45) is 0 Å². The third kappa shape index (κ3) is 5.41. The maximum Gasteiger partial charge on any atom is 0.534 e. The van der Waals surface area contributed by atoms with Crippen molar-refractivity contribution >= 4 is 10.1 Å². The van der Waals surface area contributed by atoms with Crippen molar-refractivity contribution in [1.82, 2.24) is 0 Å². The molecule has 2 aromatic carbocycles. The first-order valence-electron chi connectivity index (χ1n) is 8.15. The van der Waals surface area contributed by atoms with E-state index in [1.54, 1.807) is 12.1 Å². The molecule has 0 heterocycles. The molecule has 9 heteroatoms. The third-order valence-electron chi connectivity index (χ3n) is 3.33. The highest BCUT2D eigenvalue weighted by Crippen LogP contribution is 2.33. The highest BCUT2D eigenvalue weighted by molar-refractivity contribution is 7.88.